The molecule has 1 aromatic heterocycles. The molecule has 0 bridgehead atoms. The minimum Gasteiger partial charge on any atom is -0.261 e. The van der Waals surface area contributed by atoms with Crippen LogP contribution in [0.1, 0.15) is 36.6 Å². The van der Waals surface area contributed by atoms with E-state index in [0.29, 0.717) is 5.92 Å². The number of hydrogen-bond donors (Lipinski definition) is 0. The van der Waals surface area contributed by atoms with Crippen molar-refractivity contribution in [3.8, 4) is 6.07 Å². The van der Waals surface area contributed by atoms with Crippen LogP contribution in [-0.2, 0) is 0 Å². The molecule has 0 fully saturated rings. The van der Waals surface area contributed by atoms with Crippen molar-refractivity contribution in [1.29, 1.82) is 5.26 Å². The van der Waals surface area contributed by atoms with Gasteiger partial charge in [-0.05, 0) is 24.5 Å². The Hall–Kier alpha value is -1.36. The summed E-state index contributed by atoms with van der Waals surface area (Å²) in [5, 5.41) is 8.75. The minimum atomic E-state index is 0.387. The summed E-state index contributed by atoms with van der Waals surface area (Å²) in [5.74, 6) is 0.387. The molecule has 0 amide bonds. The highest BCUT2D eigenvalue weighted by atomic mass is 14.7. The fourth-order valence-corrected chi connectivity index (χ4v) is 1.26. The molecule has 62 valence electrons. The van der Waals surface area contributed by atoms with Crippen LogP contribution in [0, 0.1) is 18.3 Å². The molecule has 0 spiro atoms. The van der Waals surface area contributed by atoms with Crippen molar-refractivity contribution in [2.75, 3.05) is 0 Å². The summed E-state index contributed by atoms with van der Waals surface area (Å²) in [6, 6.07) is 3.90. The number of nitriles is 1. The maximum atomic E-state index is 8.75. The molecule has 1 aromatic rings. The molecule has 0 N–H and O–H groups in total. The van der Waals surface area contributed by atoms with Crippen LogP contribution in [0.5, 0.6) is 0 Å². The maximum Gasteiger partial charge on any atom is 0.0995 e. The van der Waals surface area contributed by atoms with Gasteiger partial charge in [0.1, 0.15) is 0 Å². The van der Waals surface area contributed by atoms with Gasteiger partial charge in [0.2, 0.25) is 0 Å². The first kappa shape index (κ1) is 8.73. The molecule has 1 heterocycles. The van der Waals surface area contributed by atoms with E-state index in [2.05, 4.69) is 24.9 Å². The second kappa shape index (κ2) is 3.36. The summed E-state index contributed by atoms with van der Waals surface area (Å²) in [6.07, 6.45) is 1.70. The zero-order valence-corrected chi connectivity index (χ0v) is 7.63. The summed E-state index contributed by atoms with van der Waals surface area (Å²) in [6.45, 7) is 6.11. The quantitative estimate of drug-likeness (QED) is 0.632. The van der Waals surface area contributed by atoms with Gasteiger partial charge in [-0.15, -0.1) is 0 Å². The fourth-order valence-electron chi connectivity index (χ4n) is 1.26. The largest absolute Gasteiger partial charge is 0.261 e. The van der Waals surface area contributed by atoms with Gasteiger partial charge in [0.15, 0.2) is 0 Å². The third-order valence-electron chi connectivity index (χ3n) is 1.91. The van der Waals surface area contributed by atoms with Crippen LogP contribution in [0.3, 0.4) is 0 Å². The highest BCUT2D eigenvalue weighted by Gasteiger charge is 2.07. The molecule has 0 aliphatic heterocycles. The van der Waals surface area contributed by atoms with Crippen LogP contribution >= 0.6 is 0 Å². The first-order chi connectivity index (χ1) is 5.66. The number of rotatable bonds is 1. The predicted octanol–water partition coefficient (Wildman–Crippen LogP) is 2.39. The van der Waals surface area contributed by atoms with E-state index >= 15 is 0 Å². The second-order valence-corrected chi connectivity index (χ2v) is 3.14. The molecule has 0 radical (unpaired) electrons. The highest BCUT2D eigenvalue weighted by Crippen LogP contribution is 2.18. The lowest BCUT2D eigenvalue weighted by molar-refractivity contribution is 0.810. The summed E-state index contributed by atoms with van der Waals surface area (Å²) < 4.78 is 0. The number of aromatic nitrogens is 1. The third-order valence-corrected chi connectivity index (χ3v) is 1.91. The highest BCUT2D eigenvalue weighted by molar-refractivity contribution is 5.39. The van der Waals surface area contributed by atoms with E-state index in [1.165, 1.54) is 0 Å². The van der Waals surface area contributed by atoms with Crippen LogP contribution in [-0.4, -0.2) is 4.98 Å². The van der Waals surface area contributed by atoms with E-state index in [0.717, 1.165) is 16.8 Å². The lowest BCUT2D eigenvalue weighted by Gasteiger charge is -2.08. The summed E-state index contributed by atoms with van der Waals surface area (Å²) in [4.78, 5) is 4.24. The van der Waals surface area contributed by atoms with Crippen LogP contribution < -0.4 is 0 Å². The topological polar surface area (TPSA) is 36.7 Å². The van der Waals surface area contributed by atoms with Gasteiger partial charge in [-0.3, -0.25) is 4.98 Å². The molecular weight excluding hydrogens is 148 g/mol. The van der Waals surface area contributed by atoms with E-state index in [1.807, 2.05) is 6.92 Å². The van der Waals surface area contributed by atoms with E-state index < -0.39 is 0 Å². The first-order valence-electron chi connectivity index (χ1n) is 4.02. The number of hydrogen-bond acceptors (Lipinski definition) is 2. The Morgan fingerprint density at radius 3 is 2.67 bits per heavy atom. The average Bonchev–Trinajstić information content (AvgIpc) is 2.04. The lowest BCUT2D eigenvalue weighted by Crippen LogP contribution is -1.98. The Morgan fingerprint density at radius 1 is 1.50 bits per heavy atom. The molecular formula is C10H12N2. The van der Waals surface area contributed by atoms with Crippen molar-refractivity contribution >= 4 is 0 Å². The van der Waals surface area contributed by atoms with Gasteiger partial charge >= 0.3 is 0 Å². The summed E-state index contributed by atoms with van der Waals surface area (Å²) in [5.41, 5.74) is 2.76. The van der Waals surface area contributed by atoms with Gasteiger partial charge in [0.25, 0.3) is 0 Å². The van der Waals surface area contributed by atoms with E-state index in [4.69, 9.17) is 5.26 Å². The molecule has 2 nitrogen and oxygen atoms in total. The van der Waals surface area contributed by atoms with Crippen LogP contribution in [0.25, 0.3) is 0 Å². The third kappa shape index (κ3) is 1.45. The van der Waals surface area contributed by atoms with Crippen molar-refractivity contribution in [3.63, 3.8) is 0 Å². The first-order valence-corrected chi connectivity index (χ1v) is 4.02. The van der Waals surface area contributed by atoms with Crippen molar-refractivity contribution in [1.82, 2.24) is 4.98 Å². The van der Waals surface area contributed by atoms with Gasteiger partial charge in [0, 0.05) is 11.9 Å². The molecule has 0 aromatic carbocycles. The van der Waals surface area contributed by atoms with E-state index in [1.54, 1.807) is 12.3 Å². The minimum absolute atomic E-state index is 0.387. The normalized spacial score (nSPS) is 9.92. The molecule has 2 heteroatoms. The average molecular weight is 160 g/mol. The monoisotopic (exact) mass is 160 g/mol. The number of nitrogens with zero attached hydrogens (tertiary/aromatic N) is 2. The molecule has 1 rings (SSSR count). The fraction of sp³-hybridized carbons (Fsp3) is 0.400. The smallest absolute Gasteiger partial charge is 0.0995 e. The summed E-state index contributed by atoms with van der Waals surface area (Å²) >= 11 is 0. The zero-order chi connectivity index (χ0) is 9.14. The predicted molar refractivity (Wildman–Crippen MR) is 47.8 cm³/mol. The molecule has 0 unspecified atom stereocenters. The molecule has 0 saturated heterocycles. The van der Waals surface area contributed by atoms with Crippen LogP contribution in [0.4, 0.5) is 0 Å². The molecule has 0 saturated carbocycles. The Balaban J connectivity index is 3.25. The van der Waals surface area contributed by atoms with Gasteiger partial charge in [0.05, 0.1) is 11.6 Å². The van der Waals surface area contributed by atoms with Gasteiger partial charge in [-0.1, -0.05) is 13.8 Å². The van der Waals surface area contributed by atoms with Crippen molar-refractivity contribution in [2.45, 2.75) is 26.7 Å². The standard InChI is InChI=1S/C10H12N2/c1-7(2)10-8(3)9(6-11)4-5-12-10/h4-5,7H,1-3H3. The Morgan fingerprint density at radius 2 is 2.17 bits per heavy atom. The molecule has 0 aliphatic rings. The Labute approximate surface area is 72.9 Å². The zero-order valence-electron chi connectivity index (χ0n) is 7.63. The number of pyridine rings is 1. The van der Waals surface area contributed by atoms with E-state index in [9.17, 15) is 0 Å². The van der Waals surface area contributed by atoms with Crippen LogP contribution in [0.2, 0.25) is 0 Å². The molecule has 0 aliphatic carbocycles. The Kier molecular flexibility index (Phi) is 2.44. The van der Waals surface area contributed by atoms with Crippen molar-refractivity contribution in [2.24, 2.45) is 0 Å². The van der Waals surface area contributed by atoms with Crippen molar-refractivity contribution < 1.29 is 0 Å². The summed E-state index contributed by atoms with van der Waals surface area (Å²) in [7, 11) is 0. The molecule has 12 heavy (non-hydrogen) atoms. The van der Waals surface area contributed by atoms with Gasteiger partial charge in [-0.2, -0.15) is 5.26 Å². The second-order valence-electron chi connectivity index (χ2n) is 3.14. The lowest BCUT2D eigenvalue weighted by atomic mass is 10.0. The van der Waals surface area contributed by atoms with E-state index in [-0.39, 0.29) is 0 Å². The van der Waals surface area contributed by atoms with Gasteiger partial charge in [-0.25, -0.2) is 0 Å². The van der Waals surface area contributed by atoms with Crippen LogP contribution in [0.15, 0.2) is 12.3 Å². The molecule has 0 atom stereocenters. The van der Waals surface area contributed by atoms with Crippen molar-refractivity contribution in [3.05, 3.63) is 29.1 Å². The Bertz CT molecular complexity index is 321. The van der Waals surface area contributed by atoms with Gasteiger partial charge < -0.3 is 0 Å². The SMILES string of the molecule is Cc1c(C#N)ccnc1C(C)C. The maximum absolute atomic E-state index is 8.75.